The van der Waals surface area contributed by atoms with Gasteiger partial charge in [0.1, 0.15) is 24.9 Å². The van der Waals surface area contributed by atoms with Crippen molar-refractivity contribution in [2.45, 2.75) is 18.3 Å². The Morgan fingerprint density at radius 2 is 1.62 bits per heavy atom. The zero-order valence-corrected chi connectivity index (χ0v) is 6.29. The third-order valence-electron chi connectivity index (χ3n) is 1.39. The van der Waals surface area contributed by atoms with E-state index < -0.39 is 37.3 Å². The van der Waals surface area contributed by atoms with Gasteiger partial charge in [0.25, 0.3) is 0 Å². The van der Waals surface area contributed by atoms with E-state index in [1.165, 1.54) is 0 Å². The van der Waals surface area contributed by atoms with Crippen LogP contribution in [0.15, 0.2) is 0 Å². The molecule has 0 aromatic heterocycles. The van der Waals surface area contributed by atoms with Crippen molar-refractivity contribution in [1.29, 1.82) is 0 Å². The molecule has 0 saturated carbocycles. The molecule has 6 nitrogen and oxygen atoms in total. The fraction of sp³-hybridized carbons (Fsp3) is 0.833. The first kappa shape index (κ1) is 16.2. The summed E-state index contributed by atoms with van der Waals surface area (Å²) in [4.78, 5) is 10.5. The van der Waals surface area contributed by atoms with E-state index in [4.69, 9.17) is 25.5 Å². The van der Waals surface area contributed by atoms with Crippen LogP contribution in [0.4, 0.5) is 0 Å². The van der Waals surface area contributed by atoms with Gasteiger partial charge in [-0.3, -0.25) is 4.79 Å². The summed E-state index contributed by atoms with van der Waals surface area (Å²) in [7, 11) is 0. The van der Waals surface area contributed by atoms with Crippen molar-refractivity contribution in [2.75, 3.05) is 13.2 Å². The monoisotopic (exact) mass is 222 g/mol. The molecule has 0 aromatic rings. The third-order valence-corrected chi connectivity index (χ3v) is 1.39. The first-order chi connectivity index (χ1) is 5.54. The second-order valence-corrected chi connectivity index (χ2v) is 2.31. The average molecular weight is 222 g/mol. The van der Waals surface area contributed by atoms with Crippen LogP contribution in [0.25, 0.3) is 0 Å². The topological polar surface area (TPSA) is 118 Å². The zero-order valence-electron chi connectivity index (χ0n) is 6.29. The Morgan fingerprint density at radius 3 is 1.92 bits per heavy atom. The van der Waals surface area contributed by atoms with E-state index >= 15 is 0 Å². The van der Waals surface area contributed by atoms with Crippen molar-refractivity contribution in [3.63, 3.8) is 0 Å². The molecule has 0 fully saturated rings. The summed E-state index contributed by atoms with van der Waals surface area (Å²) in [6.07, 6.45) is -5.22. The molecule has 13 heavy (non-hydrogen) atoms. The Bertz CT molecular complexity index is 152. The molecule has 0 aliphatic rings. The molecule has 0 aliphatic carbocycles. The van der Waals surface area contributed by atoms with Gasteiger partial charge < -0.3 is 25.5 Å². The number of Topliss-reactive ketones (excluding diaryl/α,β-unsaturated/α-hetero) is 1. The van der Waals surface area contributed by atoms with E-state index in [0.29, 0.717) is 0 Å². The van der Waals surface area contributed by atoms with Gasteiger partial charge in [-0.2, -0.15) is 0 Å². The van der Waals surface area contributed by atoms with Crippen LogP contribution in [0, 0.1) is 0 Å². The van der Waals surface area contributed by atoms with Crippen molar-refractivity contribution >= 4 is 43.5 Å². The number of carbonyl (C=O) groups excluding carboxylic acids is 1. The third kappa shape index (κ3) is 5.24. The Hall–Kier alpha value is 0.730. The fourth-order valence-corrected chi connectivity index (χ4v) is 0.602. The van der Waals surface area contributed by atoms with Crippen LogP contribution in [0.3, 0.4) is 0 Å². The van der Waals surface area contributed by atoms with E-state index in [2.05, 4.69) is 0 Å². The van der Waals surface area contributed by atoms with Gasteiger partial charge >= 0.3 is 37.7 Å². The molecule has 3 atom stereocenters. The number of aliphatic hydroxyl groups is 5. The van der Waals surface area contributed by atoms with Gasteiger partial charge in [-0.15, -0.1) is 0 Å². The molecule has 3 unspecified atom stereocenters. The van der Waals surface area contributed by atoms with Crippen LogP contribution >= 0.6 is 0 Å². The number of hydrogen-bond donors (Lipinski definition) is 5. The first-order valence-electron chi connectivity index (χ1n) is 3.33. The number of hydrogen-bond acceptors (Lipinski definition) is 6. The number of aliphatic hydroxyl groups excluding tert-OH is 5. The SMILES string of the molecule is O=C(CO)C(O)C(O)C(O)CO.[CaH2]. The van der Waals surface area contributed by atoms with Crippen LogP contribution in [0.2, 0.25) is 0 Å². The Morgan fingerprint density at radius 1 is 1.15 bits per heavy atom. The van der Waals surface area contributed by atoms with E-state index in [1.807, 2.05) is 0 Å². The van der Waals surface area contributed by atoms with Crippen molar-refractivity contribution in [3.05, 3.63) is 0 Å². The van der Waals surface area contributed by atoms with Gasteiger partial charge in [-0.05, 0) is 0 Å². The molecule has 5 N–H and O–H groups in total. The van der Waals surface area contributed by atoms with Crippen LogP contribution in [-0.4, -0.2) is 101 Å². The number of carbonyl (C=O) groups is 1. The van der Waals surface area contributed by atoms with Crippen LogP contribution < -0.4 is 0 Å². The van der Waals surface area contributed by atoms with Crippen LogP contribution in [-0.2, 0) is 4.79 Å². The summed E-state index contributed by atoms with van der Waals surface area (Å²) < 4.78 is 0. The maximum atomic E-state index is 10.5. The molecule has 7 heteroatoms. The van der Waals surface area contributed by atoms with Crippen LogP contribution in [0.5, 0.6) is 0 Å². The molecule has 0 aromatic carbocycles. The van der Waals surface area contributed by atoms with Gasteiger partial charge in [0, 0.05) is 0 Å². The van der Waals surface area contributed by atoms with Crippen molar-refractivity contribution in [1.82, 2.24) is 0 Å². The molecule has 0 aliphatic heterocycles. The minimum atomic E-state index is -1.86. The molecule has 0 bridgehead atoms. The summed E-state index contributed by atoms with van der Waals surface area (Å²) >= 11 is 0. The molecule has 0 saturated heterocycles. The van der Waals surface area contributed by atoms with E-state index in [-0.39, 0.29) is 37.7 Å². The summed E-state index contributed by atoms with van der Waals surface area (Å²) in [6.45, 7) is -1.69. The predicted octanol–water partition coefficient (Wildman–Crippen LogP) is -4.29. The summed E-state index contributed by atoms with van der Waals surface area (Å²) in [5.41, 5.74) is 0. The fourth-order valence-electron chi connectivity index (χ4n) is 0.602. The Labute approximate surface area is 105 Å². The van der Waals surface area contributed by atoms with Crippen molar-refractivity contribution < 1.29 is 30.3 Å². The quantitative estimate of drug-likeness (QED) is 0.300. The average Bonchev–Trinajstić information content (AvgIpc) is 2.12. The van der Waals surface area contributed by atoms with Crippen molar-refractivity contribution in [3.8, 4) is 0 Å². The summed E-state index contributed by atoms with van der Waals surface area (Å²) in [5.74, 6) is -1.00. The van der Waals surface area contributed by atoms with Gasteiger partial charge in [0.2, 0.25) is 0 Å². The van der Waals surface area contributed by atoms with E-state index in [0.717, 1.165) is 0 Å². The molecule has 76 valence electrons. The molecular weight excluding hydrogens is 208 g/mol. The second kappa shape index (κ2) is 8.07. The van der Waals surface area contributed by atoms with Gasteiger partial charge in [-0.25, -0.2) is 0 Å². The maximum absolute atomic E-state index is 10.5. The van der Waals surface area contributed by atoms with Gasteiger partial charge in [-0.1, -0.05) is 0 Å². The van der Waals surface area contributed by atoms with Crippen molar-refractivity contribution in [2.24, 2.45) is 0 Å². The molecular formula is C6H14CaO6. The molecule has 0 rings (SSSR count). The van der Waals surface area contributed by atoms with E-state index in [9.17, 15) is 4.79 Å². The van der Waals surface area contributed by atoms with Gasteiger partial charge in [0.05, 0.1) is 6.61 Å². The second-order valence-electron chi connectivity index (χ2n) is 2.31. The molecule has 0 heterocycles. The minimum absolute atomic E-state index is 0. The van der Waals surface area contributed by atoms with E-state index in [1.54, 1.807) is 0 Å². The zero-order chi connectivity index (χ0) is 9.72. The number of rotatable bonds is 5. The van der Waals surface area contributed by atoms with Crippen LogP contribution in [0.1, 0.15) is 0 Å². The Kier molecular flexibility index (Phi) is 10.0. The normalized spacial score (nSPS) is 17.0. The standard InChI is InChI=1S/C6H12O6.Ca.2H/c7-1-3(9)5(11)6(12)4(10)2-8;;;/h3,5-9,11-12H,1-2H2;;;. The predicted molar refractivity (Wildman–Crippen MR) is 45.7 cm³/mol. The summed E-state index contributed by atoms with van der Waals surface area (Å²) in [5, 5.41) is 43.1. The number of ketones is 1. The first-order valence-corrected chi connectivity index (χ1v) is 3.33. The van der Waals surface area contributed by atoms with Gasteiger partial charge in [0.15, 0.2) is 5.78 Å². The summed E-state index contributed by atoms with van der Waals surface area (Å²) in [6, 6.07) is 0. The molecule has 0 amide bonds. The molecule has 0 radical (unpaired) electrons. The Balaban J connectivity index is 0. The molecule has 0 spiro atoms.